The zero-order chi connectivity index (χ0) is 16.7. The number of carbonyl (C=O) groups is 1. The van der Waals surface area contributed by atoms with Crippen molar-refractivity contribution >= 4 is 17.3 Å². The lowest BCUT2D eigenvalue weighted by atomic mass is 10.2. The summed E-state index contributed by atoms with van der Waals surface area (Å²) in [7, 11) is 0. The Morgan fingerprint density at radius 3 is 2.39 bits per heavy atom. The molecule has 128 valence electrons. The minimum Gasteiger partial charge on any atom is -0.492 e. The van der Waals surface area contributed by atoms with Crippen LogP contribution in [0.4, 0.5) is 11.4 Å². The molecule has 1 N–H and O–H groups in total. The number of rotatable bonds is 7. The van der Waals surface area contributed by atoms with Gasteiger partial charge in [-0.1, -0.05) is 6.92 Å². The van der Waals surface area contributed by atoms with Gasteiger partial charge in [-0.15, -0.1) is 0 Å². The minimum atomic E-state index is -0.0486. The van der Waals surface area contributed by atoms with Gasteiger partial charge in [-0.3, -0.25) is 4.79 Å². The fourth-order valence-corrected chi connectivity index (χ4v) is 2.48. The van der Waals surface area contributed by atoms with E-state index in [9.17, 15) is 4.79 Å². The smallest absolute Gasteiger partial charge is 0.224 e. The van der Waals surface area contributed by atoms with Gasteiger partial charge in [0.05, 0.1) is 37.8 Å². The van der Waals surface area contributed by atoms with Gasteiger partial charge in [0.15, 0.2) is 0 Å². The average Bonchev–Trinajstić information content (AvgIpc) is 2.58. The zero-order valence-corrected chi connectivity index (χ0v) is 14.2. The Kier molecular flexibility index (Phi) is 6.52. The second kappa shape index (κ2) is 8.62. The van der Waals surface area contributed by atoms with E-state index in [4.69, 9.17) is 14.2 Å². The van der Waals surface area contributed by atoms with Crippen molar-refractivity contribution in [3.8, 4) is 11.5 Å². The Labute approximate surface area is 137 Å². The Morgan fingerprint density at radius 1 is 1.13 bits per heavy atom. The molecule has 0 aromatic heterocycles. The minimum absolute atomic E-state index is 0.0486. The van der Waals surface area contributed by atoms with Gasteiger partial charge in [-0.2, -0.15) is 0 Å². The number of nitrogens with one attached hydrogen (secondary N) is 1. The molecule has 0 spiro atoms. The van der Waals surface area contributed by atoms with Gasteiger partial charge in [-0.25, -0.2) is 0 Å². The molecule has 0 saturated carbocycles. The standard InChI is InChI=1S/C17H26N2O4/c1-4-17(20)18-13-11-16(23-6-3)14(12-15(13)22-5-2)19-7-9-21-10-8-19/h11-12H,4-10H2,1-3H3,(H,18,20). The van der Waals surface area contributed by atoms with E-state index in [1.807, 2.05) is 32.9 Å². The van der Waals surface area contributed by atoms with Crippen LogP contribution in [0.2, 0.25) is 0 Å². The number of ether oxygens (including phenoxy) is 3. The summed E-state index contributed by atoms with van der Waals surface area (Å²) in [6, 6.07) is 3.80. The fraction of sp³-hybridized carbons (Fsp3) is 0.588. The summed E-state index contributed by atoms with van der Waals surface area (Å²) in [5, 5.41) is 2.89. The summed E-state index contributed by atoms with van der Waals surface area (Å²) in [6.07, 6.45) is 0.417. The number of carbonyl (C=O) groups excluding carboxylic acids is 1. The first-order valence-corrected chi connectivity index (χ1v) is 8.25. The van der Waals surface area contributed by atoms with Gasteiger partial charge in [0.25, 0.3) is 0 Å². The van der Waals surface area contributed by atoms with Crippen molar-refractivity contribution < 1.29 is 19.0 Å². The highest BCUT2D eigenvalue weighted by atomic mass is 16.5. The summed E-state index contributed by atoms with van der Waals surface area (Å²) >= 11 is 0. The highest BCUT2D eigenvalue weighted by molar-refractivity contribution is 5.93. The van der Waals surface area contributed by atoms with Crippen LogP contribution in [0.25, 0.3) is 0 Å². The molecule has 0 bridgehead atoms. The van der Waals surface area contributed by atoms with Crippen LogP contribution in [0, 0.1) is 0 Å². The molecule has 1 aliphatic rings. The van der Waals surface area contributed by atoms with E-state index in [0.717, 1.165) is 24.5 Å². The van der Waals surface area contributed by atoms with Gasteiger partial charge in [0.2, 0.25) is 5.91 Å². The van der Waals surface area contributed by atoms with Crippen molar-refractivity contribution in [1.29, 1.82) is 0 Å². The predicted octanol–water partition coefficient (Wildman–Crippen LogP) is 2.67. The van der Waals surface area contributed by atoms with Crippen LogP contribution in [-0.4, -0.2) is 45.4 Å². The van der Waals surface area contributed by atoms with E-state index in [1.54, 1.807) is 0 Å². The van der Waals surface area contributed by atoms with Crippen LogP contribution in [-0.2, 0) is 9.53 Å². The normalized spacial score (nSPS) is 14.5. The molecule has 0 atom stereocenters. The summed E-state index contributed by atoms with van der Waals surface area (Å²) in [6.45, 7) is 9.81. The third-order valence-electron chi connectivity index (χ3n) is 3.61. The average molecular weight is 322 g/mol. The van der Waals surface area contributed by atoms with E-state index < -0.39 is 0 Å². The summed E-state index contributed by atoms with van der Waals surface area (Å²) in [4.78, 5) is 14.0. The zero-order valence-electron chi connectivity index (χ0n) is 14.2. The van der Waals surface area contributed by atoms with Crippen molar-refractivity contribution in [2.75, 3.05) is 49.7 Å². The molecule has 6 nitrogen and oxygen atoms in total. The van der Waals surface area contributed by atoms with Crippen LogP contribution in [0.1, 0.15) is 27.2 Å². The maximum Gasteiger partial charge on any atom is 0.224 e. The molecular formula is C17H26N2O4. The van der Waals surface area contributed by atoms with Crippen molar-refractivity contribution in [2.24, 2.45) is 0 Å². The molecule has 23 heavy (non-hydrogen) atoms. The number of hydrogen-bond acceptors (Lipinski definition) is 5. The number of morpholine rings is 1. The molecule has 1 aromatic carbocycles. The number of amides is 1. The van der Waals surface area contributed by atoms with Gasteiger partial charge in [0, 0.05) is 31.6 Å². The number of benzene rings is 1. The Bertz CT molecular complexity index is 528. The van der Waals surface area contributed by atoms with Crippen LogP contribution in [0.3, 0.4) is 0 Å². The van der Waals surface area contributed by atoms with Gasteiger partial charge < -0.3 is 24.4 Å². The highest BCUT2D eigenvalue weighted by Crippen LogP contribution is 2.39. The molecule has 0 aliphatic carbocycles. The molecule has 1 heterocycles. The fourth-order valence-electron chi connectivity index (χ4n) is 2.48. The number of hydrogen-bond donors (Lipinski definition) is 1. The molecule has 1 fully saturated rings. The van der Waals surface area contributed by atoms with Crippen molar-refractivity contribution in [2.45, 2.75) is 27.2 Å². The van der Waals surface area contributed by atoms with Gasteiger partial charge in [-0.05, 0) is 13.8 Å². The lowest BCUT2D eigenvalue weighted by Crippen LogP contribution is -2.36. The summed E-state index contributed by atoms with van der Waals surface area (Å²) in [5.41, 5.74) is 1.63. The van der Waals surface area contributed by atoms with Crippen LogP contribution >= 0.6 is 0 Å². The topological polar surface area (TPSA) is 60.0 Å². The molecule has 2 rings (SSSR count). The van der Waals surface area contributed by atoms with E-state index in [1.165, 1.54) is 0 Å². The SMILES string of the molecule is CCOc1cc(N2CCOCC2)c(OCC)cc1NC(=O)CC. The number of anilines is 2. The van der Waals surface area contributed by atoms with Crippen LogP contribution in [0.15, 0.2) is 12.1 Å². The van der Waals surface area contributed by atoms with Crippen LogP contribution < -0.4 is 19.7 Å². The van der Waals surface area contributed by atoms with Gasteiger partial charge in [0.1, 0.15) is 11.5 Å². The van der Waals surface area contributed by atoms with Gasteiger partial charge >= 0.3 is 0 Å². The quantitative estimate of drug-likeness (QED) is 0.836. The highest BCUT2D eigenvalue weighted by Gasteiger charge is 2.20. The molecule has 0 radical (unpaired) electrons. The Balaban J connectivity index is 2.38. The van der Waals surface area contributed by atoms with Crippen molar-refractivity contribution in [3.63, 3.8) is 0 Å². The van der Waals surface area contributed by atoms with Crippen molar-refractivity contribution in [1.82, 2.24) is 0 Å². The molecule has 0 unspecified atom stereocenters. The van der Waals surface area contributed by atoms with Crippen molar-refractivity contribution in [3.05, 3.63) is 12.1 Å². The molecule has 1 aromatic rings. The summed E-state index contributed by atoms with van der Waals surface area (Å²) in [5.74, 6) is 1.37. The van der Waals surface area contributed by atoms with E-state index in [0.29, 0.717) is 44.3 Å². The maximum absolute atomic E-state index is 11.8. The van der Waals surface area contributed by atoms with E-state index in [-0.39, 0.29) is 5.91 Å². The molecule has 1 amide bonds. The first kappa shape index (κ1) is 17.4. The third-order valence-corrected chi connectivity index (χ3v) is 3.61. The second-order valence-electron chi connectivity index (χ2n) is 5.18. The molecular weight excluding hydrogens is 296 g/mol. The lowest BCUT2D eigenvalue weighted by molar-refractivity contribution is -0.115. The lowest BCUT2D eigenvalue weighted by Gasteiger charge is -2.31. The second-order valence-corrected chi connectivity index (χ2v) is 5.18. The third kappa shape index (κ3) is 4.51. The summed E-state index contributed by atoms with van der Waals surface area (Å²) < 4.78 is 16.9. The van der Waals surface area contributed by atoms with Crippen LogP contribution in [0.5, 0.6) is 11.5 Å². The van der Waals surface area contributed by atoms with E-state index in [2.05, 4.69) is 10.2 Å². The first-order valence-electron chi connectivity index (χ1n) is 8.25. The Hall–Kier alpha value is -1.95. The maximum atomic E-state index is 11.8. The molecule has 1 saturated heterocycles. The van der Waals surface area contributed by atoms with E-state index >= 15 is 0 Å². The first-order chi connectivity index (χ1) is 11.2. The molecule has 6 heteroatoms. The molecule has 1 aliphatic heterocycles. The monoisotopic (exact) mass is 322 g/mol. The predicted molar refractivity (Wildman–Crippen MR) is 90.7 cm³/mol. The Morgan fingerprint density at radius 2 is 1.78 bits per heavy atom. The number of nitrogens with zero attached hydrogens (tertiary/aromatic N) is 1. The largest absolute Gasteiger partial charge is 0.492 e.